The van der Waals surface area contributed by atoms with E-state index in [-0.39, 0.29) is 13.0 Å². The van der Waals surface area contributed by atoms with Crippen LogP contribution < -0.4 is 0 Å². The fourth-order valence-corrected chi connectivity index (χ4v) is 1.89. The van der Waals surface area contributed by atoms with Crippen molar-refractivity contribution in [2.24, 2.45) is 0 Å². The molecule has 0 aliphatic carbocycles. The SMILES string of the molecule is COC(CC(=O)O)Cn1nnnc1-c1ccncc1Cl. The molecule has 2 aromatic heterocycles. The number of halogens is 1. The zero-order valence-electron chi connectivity index (χ0n) is 10.6. The molecule has 2 heterocycles. The summed E-state index contributed by atoms with van der Waals surface area (Å²) in [6, 6.07) is 1.68. The molecule has 2 rings (SSSR count). The quantitative estimate of drug-likeness (QED) is 0.844. The molecule has 2 aromatic rings. The van der Waals surface area contributed by atoms with Gasteiger partial charge in [-0.2, -0.15) is 0 Å². The van der Waals surface area contributed by atoms with Crippen LogP contribution in [0.2, 0.25) is 5.02 Å². The van der Waals surface area contributed by atoms with E-state index in [1.54, 1.807) is 12.3 Å². The third-order valence-corrected chi connectivity index (χ3v) is 2.96. The Hall–Kier alpha value is -2.06. The van der Waals surface area contributed by atoms with E-state index in [0.29, 0.717) is 16.4 Å². The van der Waals surface area contributed by atoms with Crippen molar-refractivity contribution in [1.29, 1.82) is 0 Å². The van der Waals surface area contributed by atoms with Crippen LogP contribution in [-0.2, 0) is 16.1 Å². The molecule has 0 saturated carbocycles. The molecule has 0 saturated heterocycles. The smallest absolute Gasteiger partial charge is 0.306 e. The number of aliphatic carboxylic acids is 1. The van der Waals surface area contributed by atoms with Gasteiger partial charge in [-0.25, -0.2) is 4.68 Å². The van der Waals surface area contributed by atoms with Gasteiger partial charge in [0.1, 0.15) is 0 Å². The number of hydrogen-bond acceptors (Lipinski definition) is 6. The number of nitrogens with zero attached hydrogens (tertiary/aromatic N) is 5. The predicted octanol–water partition coefficient (Wildman–Crippen LogP) is 0.878. The summed E-state index contributed by atoms with van der Waals surface area (Å²) in [7, 11) is 1.44. The van der Waals surface area contributed by atoms with Crippen LogP contribution in [0.3, 0.4) is 0 Å². The number of carboxylic acids is 1. The summed E-state index contributed by atoms with van der Waals surface area (Å²) in [4.78, 5) is 14.6. The van der Waals surface area contributed by atoms with Crippen molar-refractivity contribution < 1.29 is 14.6 Å². The Bertz CT molecular complexity index is 603. The van der Waals surface area contributed by atoms with Crippen LogP contribution >= 0.6 is 11.6 Å². The molecule has 1 unspecified atom stereocenters. The number of hydrogen-bond donors (Lipinski definition) is 1. The first kappa shape index (κ1) is 14.4. The highest BCUT2D eigenvalue weighted by molar-refractivity contribution is 6.33. The Morgan fingerprint density at radius 3 is 3.05 bits per heavy atom. The lowest BCUT2D eigenvalue weighted by Crippen LogP contribution is -2.23. The van der Waals surface area contributed by atoms with Crippen molar-refractivity contribution >= 4 is 17.6 Å². The van der Waals surface area contributed by atoms with Gasteiger partial charge < -0.3 is 9.84 Å². The summed E-state index contributed by atoms with van der Waals surface area (Å²) in [5.74, 6) is -0.516. The van der Waals surface area contributed by atoms with E-state index in [4.69, 9.17) is 21.4 Å². The number of carboxylic acid groups (broad SMARTS) is 1. The molecule has 0 spiro atoms. The Morgan fingerprint density at radius 1 is 1.60 bits per heavy atom. The van der Waals surface area contributed by atoms with Gasteiger partial charge in [0.2, 0.25) is 0 Å². The first-order valence-electron chi connectivity index (χ1n) is 5.72. The highest BCUT2D eigenvalue weighted by Gasteiger charge is 2.18. The molecule has 0 amide bonds. The molecule has 0 aliphatic heterocycles. The molecule has 0 bridgehead atoms. The number of methoxy groups -OCH3 is 1. The van der Waals surface area contributed by atoms with Crippen LogP contribution in [-0.4, -0.2) is 49.5 Å². The monoisotopic (exact) mass is 297 g/mol. The van der Waals surface area contributed by atoms with E-state index < -0.39 is 12.1 Å². The first-order valence-corrected chi connectivity index (χ1v) is 6.10. The molecule has 0 radical (unpaired) electrons. The maximum absolute atomic E-state index is 10.7. The van der Waals surface area contributed by atoms with Crippen LogP contribution in [0.1, 0.15) is 6.42 Å². The number of aromatic nitrogens is 5. The number of carbonyl (C=O) groups is 1. The van der Waals surface area contributed by atoms with Crippen molar-refractivity contribution in [3.63, 3.8) is 0 Å². The van der Waals surface area contributed by atoms with Gasteiger partial charge in [0.25, 0.3) is 0 Å². The van der Waals surface area contributed by atoms with Gasteiger partial charge in [0.05, 0.1) is 24.1 Å². The fraction of sp³-hybridized carbons (Fsp3) is 0.364. The Morgan fingerprint density at radius 2 is 2.40 bits per heavy atom. The van der Waals surface area contributed by atoms with Crippen LogP contribution in [0.25, 0.3) is 11.4 Å². The number of pyridine rings is 1. The highest BCUT2D eigenvalue weighted by Crippen LogP contribution is 2.24. The van der Waals surface area contributed by atoms with Crippen LogP contribution in [0.4, 0.5) is 0 Å². The minimum atomic E-state index is -0.951. The zero-order valence-corrected chi connectivity index (χ0v) is 11.4. The molecule has 0 aliphatic rings. The van der Waals surface area contributed by atoms with Gasteiger partial charge >= 0.3 is 5.97 Å². The minimum absolute atomic E-state index is 0.139. The Labute approximate surface area is 119 Å². The zero-order chi connectivity index (χ0) is 14.5. The fourth-order valence-electron chi connectivity index (χ4n) is 1.69. The third-order valence-electron chi connectivity index (χ3n) is 2.66. The van der Waals surface area contributed by atoms with E-state index in [9.17, 15) is 4.79 Å². The van der Waals surface area contributed by atoms with Crippen LogP contribution in [0.15, 0.2) is 18.5 Å². The maximum atomic E-state index is 10.7. The predicted molar refractivity (Wildman–Crippen MR) is 69.1 cm³/mol. The average molecular weight is 298 g/mol. The summed E-state index contributed by atoms with van der Waals surface area (Å²) in [6.45, 7) is 0.212. The van der Waals surface area contributed by atoms with Crippen LogP contribution in [0.5, 0.6) is 0 Å². The molecule has 20 heavy (non-hydrogen) atoms. The van der Waals surface area contributed by atoms with Gasteiger partial charge in [0, 0.05) is 25.1 Å². The molecule has 0 fully saturated rings. The van der Waals surface area contributed by atoms with Gasteiger partial charge in [-0.15, -0.1) is 5.10 Å². The van der Waals surface area contributed by atoms with E-state index >= 15 is 0 Å². The van der Waals surface area contributed by atoms with Crippen LogP contribution in [0, 0.1) is 0 Å². The number of ether oxygens (including phenoxy) is 1. The van der Waals surface area contributed by atoms with E-state index in [2.05, 4.69) is 20.5 Å². The topological polar surface area (TPSA) is 103 Å². The van der Waals surface area contributed by atoms with E-state index in [1.165, 1.54) is 18.0 Å². The number of tetrazole rings is 1. The molecular formula is C11H12ClN5O3. The molecule has 0 aromatic carbocycles. The third kappa shape index (κ3) is 3.28. The second-order valence-electron chi connectivity index (χ2n) is 4.00. The molecule has 9 heteroatoms. The van der Waals surface area contributed by atoms with E-state index in [0.717, 1.165) is 0 Å². The lowest BCUT2D eigenvalue weighted by Gasteiger charge is -2.13. The standard InChI is InChI=1S/C11H12ClN5O3/c1-20-7(4-10(18)19)6-17-11(14-15-16-17)8-2-3-13-5-9(8)12/h2-3,5,7H,4,6H2,1H3,(H,18,19). The van der Waals surface area contributed by atoms with Gasteiger partial charge in [-0.05, 0) is 16.5 Å². The van der Waals surface area contributed by atoms with Crippen molar-refractivity contribution in [2.45, 2.75) is 19.1 Å². The average Bonchev–Trinajstić information content (AvgIpc) is 2.86. The van der Waals surface area contributed by atoms with Crippen molar-refractivity contribution in [1.82, 2.24) is 25.2 Å². The Kier molecular flexibility index (Phi) is 4.59. The van der Waals surface area contributed by atoms with Gasteiger partial charge in [-0.1, -0.05) is 11.6 Å². The normalized spacial score (nSPS) is 12.3. The lowest BCUT2D eigenvalue weighted by atomic mass is 10.2. The molecule has 8 nitrogen and oxygen atoms in total. The highest BCUT2D eigenvalue weighted by atomic mass is 35.5. The van der Waals surface area contributed by atoms with Crippen molar-refractivity contribution in [2.75, 3.05) is 7.11 Å². The summed E-state index contributed by atoms with van der Waals surface area (Å²) < 4.78 is 6.57. The second kappa shape index (κ2) is 6.40. The lowest BCUT2D eigenvalue weighted by molar-refractivity contribution is -0.139. The molecular weight excluding hydrogens is 286 g/mol. The summed E-state index contributed by atoms with van der Waals surface area (Å²) in [5, 5.41) is 20.5. The molecule has 1 atom stereocenters. The number of rotatable bonds is 6. The second-order valence-corrected chi connectivity index (χ2v) is 4.40. The molecule has 106 valence electrons. The van der Waals surface area contributed by atoms with E-state index in [1.807, 2.05) is 0 Å². The largest absolute Gasteiger partial charge is 0.481 e. The maximum Gasteiger partial charge on any atom is 0.306 e. The molecule has 1 N–H and O–H groups in total. The Balaban J connectivity index is 2.25. The first-order chi connectivity index (χ1) is 9.61. The summed E-state index contributed by atoms with van der Waals surface area (Å²) >= 11 is 6.05. The summed E-state index contributed by atoms with van der Waals surface area (Å²) in [6.07, 6.45) is 2.39. The minimum Gasteiger partial charge on any atom is -0.481 e. The van der Waals surface area contributed by atoms with Gasteiger partial charge in [-0.3, -0.25) is 9.78 Å². The van der Waals surface area contributed by atoms with Gasteiger partial charge in [0.15, 0.2) is 5.82 Å². The summed E-state index contributed by atoms with van der Waals surface area (Å²) in [5.41, 5.74) is 0.622. The van der Waals surface area contributed by atoms with Crippen molar-refractivity contribution in [3.05, 3.63) is 23.5 Å². The van der Waals surface area contributed by atoms with Crippen molar-refractivity contribution in [3.8, 4) is 11.4 Å².